The number of carbonyl (C=O) groups excluding carboxylic acids is 1. The fourth-order valence-corrected chi connectivity index (χ4v) is 3.84. The second-order valence-electron chi connectivity index (χ2n) is 6.62. The molecule has 1 amide bonds. The van der Waals surface area contributed by atoms with Gasteiger partial charge in [0.25, 0.3) is 0 Å². The maximum Gasteiger partial charge on any atom is 0.244 e. The summed E-state index contributed by atoms with van der Waals surface area (Å²) in [6, 6.07) is 0.280. The van der Waals surface area contributed by atoms with Crippen LogP contribution >= 0.6 is 11.6 Å². The number of nitrogens with zero attached hydrogens (tertiary/aromatic N) is 4. The summed E-state index contributed by atoms with van der Waals surface area (Å²) in [5, 5.41) is 15.0. The van der Waals surface area contributed by atoms with Gasteiger partial charge in [-0.15, -0.1) is 0 Å². The highest BCUT2D eigenvalue weighted by Crippen LogP contribution is 2.25. The molecule has 1 saturated heterocycles. The van der Waals surface area contributed by atoms with Crippen molar-refractivity contribution in [3.63, 3.8) is 0 Å². The summed E-state index contributed by atoms with van der Waals surface area (Å²) < 4.78 is 1.69. The van der Waals surface area contributed by atoms with Gasteiger partial charge in [0.15, 0.2) is 0 Å². The standard InChI is InChI=1S/C16H25ClN4O2/c1-11-16(17)12(2)21(18-11)10-15(23)20-8-6-19(7-9-20)13-4-3-5-14(13)22/h13-14,22H,3-10H2,1-2H3/t13-,14+/m1/s1. The van der Waals surface area contributed by atoms with Crippen LogP contribution in [0.3, 0.4) is 0 Å². The van der Waals surface area contributed by atoms with Gasteiger partial charge in [-0.25, -0.2) is 0 Å². The summed E-state index contributed by atoms with van der Waals surface area (Å²) in [6.45, 7) is 7.09. The minimum Gasteiger partial charge on any atom is -0.391 e. The lowest BCUT2D eigenvalue weighted by Crippen LogP contribution is -2.54. The van der Waals surface area contributed by atoms with Crippen molar-refractivity contribution < 1.29 is 9.90 Å². The van der Waals surface area contributed by atoms with Crippen LogP contribution in [0.4, 0.5) is 0 Å². The molecule has 1 N–H and O–H groups in total. The lowest BCUT2D eigenvalue weighted by molar-refractivity contribution is -0.134. The van der Waals surface area contributed by atoms with Crippen LogP contribution < -0.4 is 0 Å². The van der Waals surface area contributed by atoms with Crippen molar-refractivity contribution in [2.45, 2.75) is 51.8 Å². The van der Waals surface area contributed by atoms with Gasteiger partial charge in [-0.05, 0) is 33.1 Å². The Hall–Kier alpha value is -1.11. The molecule has 0 radical (unpaired) electrons. The van der Waals surface area contributed by atoms with Gasteiger partial charge in [0.1, 0.15) is 6.54 Å². The van der Waals surface area contributed by atoms with Crippen molar-refractivity contribution in [3.05, 3.63) is 16.4 Å². The first-order chi connectivity index (χ1) is 11.0. The molecule has 6 nitrogen and oxygen atoms in total. The molecule has 0 bridgehead atoms. The molecule has 1 aromatic rings. The molecule has 23 heavy (non-hydrogen) atoms. The number of halogens is 1. The lowest BCUT2D eigenvalue weighted by Gasteiger charge is -2.39. The Morgan fingerprint density at radius 3 is 2.48 bits per heavy atom. The number of amides is 1. The smallest absolute Gasteiger partial charge is 0.244 e. The van der Waals surface area contributed by atoms with Crippen LogP contribution in [0.5, 0.6) is 0 Å². The number of hydrogen-bond donors (Lipinski definition) is 1. The molecule has 7 heteroatoms. The van der Waals surface area contributed by atoms with Crippen LogP contribution in [0.15, 0.2) is 0 Å². The minimum absolute atomic E-state index is 0.0823. The molecule has 1 aliphatic carbocycles. The number of hydrogen-bond acceptors (Lipinski definition) is 4. The van der Waals surface area contributed by atoms with Crippen molar-refractivity contribution >= 4 is 17.5 Å². The Balaban J connectivity index is 1.55. The average Bonchev–Trinajstić information content (AvgIpc) is 3.07. The molecular weight excluding hydrogens is 316 g/mol. The molecular formula is C16H25ClN4O2. The molecule has 128 valence electrons. The van der Waals surface area contributed by atoms with E-state index in [2.05, 4.69) is 10.00 Å². The molecule has 2 aliphatic rings. The quantitative estimate of drug-likeness (QED) is 0.898. The summed E-state index contributed by atoms with van der Waals surface area (Å²) in [7, 11) is 0. The zero-order valence-corrected chi connectivity index (χ0v) is 14.6. The molecule has 0 aromatic carbocycles. The molecule has 1 aliphatic heterocycles. The van der Waals surface area contributed by atoms with Gasteiger partial charge in [-0.2, -0.15) is 5.10 Å². The highest BCUT2D eigenvalue weighted by atomic mass is 35.5. The monoisotopic (exact) mass is 340 g/mol. The van der Waals surface area contributed by atoms with Crippen LogP contribution in [-0.4, -0.2) is 68.9 Å². The Morgan fingerprint density at radius 1 is 1.26 bits per heavy atom. The summed E-state index contributed by atoms with van der Waals surface area (Å²) in [5.74, 6) is 0.0823. The molecule has 3 rings (SSSR count). The summed E-state index contributed by atoms with van der Waals surface area (Å²) in [4.78, 5) is 16.7. The van der Waals surface area contributed by atoms with Gasteiger partial charge in [0.2, 0.25) is 5.91 Å². The Labute approximate surface area is 142 Å². The van der Waals surface area contributed by atoms with Crippen LogP contribution in [-0.2, 0) is 11.3 Å². The first-order valence-electron chi connectivity index (χ1n) is 8.36. The van der Waals surface area contributed by atoms with E-state index in [1.54, 1.807) is 4.68 Å². The minimum atomic E-state index is -0.200. The van der Waals surface area contributed by atoms with Gasteiger partial charge in [-0.1, -0.05) is 11.6 Å². The third-order valence-corrected chi connectivity index (χ3v) is 5.71. The normalized spacial score (nSPS) is 26.0. The topological polar surface area (TPSA) is 61.6 Å². The average molecular weight is 341 g/mol. The van der Waals surface area contributed by atoms with Crippen LogP contribution in [0.25, 0.3) is 0 Å². The molecule has 1 saturated carbocycles. The van der Waals surface area contributed by atoms with Crippen molar-refractivity contribution in [1.82, 2.24) is 19.6 Å². The maximum absolute atomic E-state index is 12.5. The third-order valence-electron chi connectivity index (χ3n) is 5.16. The SMILES string of the molecule is Cc1nn(CC(=O)N2CCN([C@@H]3CCC[C@@H]3O)CC2)c(C)c1Cl. The van der Waals surface area contributed by atoms with E-state index in [1.165, 1.54) is 0 Å². The molecule has 2 fully saturated rings. The number of carbonyl (C=O) groups is 1. The Kier molecular flexibility index (Phi) is 4.94. The lowest BCUT2D eigenvalue weighted by atomic mass is 10.1. The Morgan fingerprint density at radius 2 is 1.96 bits per heavy atom. The van der Waals surface area contributed by atoms with Crippen LogP contribution in [0.1, 0.15) is 30.7 Å². The first-order valence-corrected chi connectivity index (χ1v) is 8.74. The van der Waals surface area contributed by atoms with Crippen molar-refractivity contribution in [2.24, 2.45) is 0 Å². The summed E-state index contributed by atoms with van der Waals surface area (Å²) >= 11 is 6.13. The van der Waals surface area contributed by atoms with Crippen LogP contribution in [0, 0.1) is 13.8 Å². The fourth-order valence-electron chi connectivity index (χ4n) is 3.71. The molecule has 0 unspecified atom stereocenters. The zero-order chi connectivity index (χ0) is 16.6. The van der Waals surface area contributed by atoms with E-state index < -0.39 is 0 Å². The van der Waals surface area contributed by atoms with Gasteiger partial charge in [0, 0.05) is 32.2 Å². The van der Waals surface area contributed by atoms with E-state index in [4.69, 9.17) is 11.6 Å². The first kappa shape index (κ1) is 16.7. The number of aryl methyl sites for hydroxylation is 1. The van der Waals surface area contributed by atoms with E-state index in [-0.39, 0.29) is 24.6 Å². The van der Waals surface area contributed by atoms with Gasteiger partial charge in [-0.3, -0.25) is 14.4 Å². The van der Waals surface area contributed by atoms with E-state index >= 15 is 0 Å². The van der Waals surface area contributed by atoms with Gasteiger partial charge >= 0.3 is 0 Å². The predicted octanol–water partition coefficient (Wildman–Crippen LogP) is 1.21. The number of piperazine rings is 1. The van der Waals surface area contributed by atoms with E-state index in [1.807, 2.05) is 18.7 Å². The van der Waals surface area contributed by atoms with Crippen molar-refractivity contribution in [3.8, 4) is 0 Å². The van der Waals surface area contributed by atoms with E-state index in [0.717, 1.165) is 56.8 Å². The molecule has 2 heterocycles. The highest BCUT2D eigenvalue weighted by Gasteiger charge is 2.33. The number of aliphatic hydroxyl groups excluding tert-OH is 1. The largest absolute Gasteiger partial charge is 0.391 e. The summed E-state index contributed by atoms with van der Waals surface area (Å²) in [5.41, 5.74) is 1.60. The zero-order valence-electron chi connectivity index (χ0n) is 13.8. The third kappa shape index (κ3) is 3.39. The van der Waals surface area contributed by atoms with Gasteiger partial charge < -0.3 is 10.0 Å². The van der Waals surface area contributed by atoms with Crippen molar-refractivity contribution in [2.75, 3.05) is 26.2 Å². The van der Waals surface area contributed by atoms with Crippen LogP contribution in [0.2, 0.25) is 5.02 Å². The Bertz CT molecular complexity index is 581. The summed E-state index contributed by atoms with van der Waals surface area (Å²) in [6.07, 6.45) is 2.88. The second kappa shape index (κ2) is 6.79. The fraction of sp³-hybridized carbons (Fsp3) is 0.750. The molecule has 2 atom stereocenters. The highest BCUT2D eigenvalue weighted by molar-refractivity contribution is 6.31. The van der Waals surface area contributed by atoms with Crippen molar-refractivity contribution in [1.29, 1.82) is 0 Å². The molecule has 0 spiro atoms. The molecule has 1 aromatic heterocycles. The van der Waals surface area contributed by atoms with E-state index in [0.29, 0.717) is 5.02 Å². The number of rotatable bonds is 3. The maximum atomic E-state index is 12.5. The number of aliphatic hydroxyl groups is 1. The predicted molar refractivity (Wildman–Crippen MR) is 88.5 cm³/mol. The van der Waals surface area contributed by atoms with E-state index in [9.17, 15) is 9.90 Å². The van der Waals surface area contributed by atoms with Gasteiger partial charge in [0.05, 0.1) is 22.5 Å². The number of aromatic nitrogens is 2. The second-order valence-corrected chi connectivity index (χ2v) is 7.00.